The fourth-order valence-corrected chi connectivity index (χ4v) is 2.22. The molecule has 0 radical (unpaired) electrons. The van der Waals surface area contributed by atoms with Crippen LogP contribution in [0.2, 0.25) is 0 Å². The lowest BCUT2D eigenvalue weighted by molar-refractivity contribution is -0.128. The smallest absolute Gasteiger partial charge is 0.261 e. The monoisotopic (exact) mass is 327 g/mol. The van der Waals surface area contributed by atoms with Crippen LogP contribution >= 0.6 is 0 Å². The highest BCUT2D eigenvalue weighted by Crippen LogP contribution is 2.13. The molecule has 0 aliphatic carbocycles. The first-order valence-corrected chi connectivity index (χ1v) is 8.30. The summed E-state index contributed by atoms with van der Waals surface area (Å²) in [4.78, 5) is 12.4. The molecule has 4 heteroatoms. The second-order valence-corrected chi connectivity index (χ2v) is 5.86. The van der Waals surface area contributed by atoms with Gasteiger partial charge in [0.2, 0.25) is 0 Å². The van der Waals surface area contributed by atoms with E-state index in [2.05, 4.69) is 5.32 Å². The summed E-state index contributed by atoms with van der Waals surface area (Å²) in [7, 11) is 0. The number of carbonyl (C=O) groups excluding carboxylic acids is 1. The molecule has 2 aromatic carbocycles. The minimum atomic E-state index is -0.505. The van der Waals surface area contributed by atoms with E-state index in [0.29, 0.717) is 18.8 Å². The number of rotatable bonds is 8. The van der Waals surface area contributed by atoms with Crippen molar-refractivity contribution in [3.05, 3.63) is 60.2 Å². The minimum Gasteiger partial charge on any atom is -0.491 e. The fourth-order valence-electron chi connectivity index (χ4n) is 2.22. The Hall–Kier alpha value is -2.49. The van der Waals surface area contributed by atoms with Gasteiger partial charge in [-0.1, -0.05) is 42.8 Å². The van der Waals surface area contributed by atoms with Crippen LogP contribution in [0.1, 0.15) is 25.8 Å². The summed E-state index contributed by atoms with van der Waals surface area (Å²) in [6.07, 6.45) is 0.0981. The number of aryl methyl sites for hydroxylation is 1. The van der Waals surface area contributed by atoms with Gasteiger partial charge < -0.3 is 14.8 Å². The Labute approximate surface area is 143 Å². The summed E-state index contributed by atoms with van der Waals surface area (Å²) in [5, 5.41) is 2.94. The van der Waals surface area contributed by atoms with Crippen LogP contribution < -0.4 is 14.8 Å². The third-order valence-corrected chi connectivity index (χ3v) is 3.59. The van der Waals surface area contributed by atoms with E-state index in [1.165, 1.54) is 5.56 Å². The van der Waals surface area contributed by atoms with Crippen molar-refractivity contribution in [2.75, 3.05) is 6.61 Å². The number of amides is 1. The largest absolute Gasteiger partial charge is 0.491 e. The first-order chi connectivity index (χ1) is 11.6. The molecule has 2 atom stereocenters. The number of benzene rings is 2. The molecule has 24 heavy (non-hydrogen) atoms. The quantitative estimate of drug-likeness (QED) is 0.803. The van der Waals surface area contributed by atoms with Crippen molar-refractivity contribution >= 4 is 5.91 Å². The predicted octanol–water partition coefficient (Wildman–Crippen LogP) is 3.74. The van der Waals surface area contributed by atoms with Gasteiger partial charge in [-0.05, 0) is 44.5 Å². The highest BCUT2D eigenvalue weighted by Gasteiger charge is 2.20. The molecule has 0 aromatic heterocycles. The van der Waals surface area contributed by atoms with Crippen LogP contribution in [0.3, 0.4) is 0 Å². The average molecular weight is 327 g/mol. The number of nitrogens with one attached hydrogen (secondary N) is 1. The van der Waals surface area contributed by atoms with Gasteiger partial charge in [0.25, 0.3) is 5.91 Å². The van der Waals surface area contributed by atoms with Crippen LogP contribution in [0.15, 0.2) is 54.6 Å². The topological polar surface area (TPSA) is 47.6 Å². The van der Waals surface area contributed by atoms with Crippen molar-refractivity contribution in [1.82, 2.24) is 5.32 Å². The Bertz CT molecular complexity index is 625. The van der Waals surface area contributed by atoms with Gasteiger partial charge in [0.15, 0.2) is 6.10 Å². The van der Waals surface area contributed by atoms with Crippen LogP contribution in [-0.2, 0) is 4.79 Å². The average Bonchev–Trinajstić information content (AvgIpc) is 2.60. The van der Waals surface area contributed by atoms with Crippen molar-refractivity contribution in [3.63, 3.8) is 0 Å². The Morgan fingerprint density at radius 3 is 2.33 bits per heavy atom. The first kappa shape index (κ1) is 17.9. The zero-order valence-electron chi connectivity index (χ0n) is 14.5. The normalized spacial score (nSPS) is 13.0. The van der Waals surface area contributed by atoms with Gasteiger partial charge in [0.1, 0.15) is 18.1 Å². The lowest BCUT2D eigenvalue weighted by Crippen LogP contribution is -2.44. The summed E-state index contributed by atoms with van der Waals surface area (Å²) in [5.74, 6) is 1.37. The molecule has 0 spiro atoms. The van der Waals surface area contributed by atoms with Gasteiger partial charge in [0, 0.05) is 0 Å². The number of ether oxygens (including phenoxy) is 2. The number of carbonyl (C=O) groups is 1. The van der Waals surface area contributed by atoms with E-state index in [1.807, 2.05) is 75.4 Å². The lowest BCUT2D eigenvalue weighted by atomic mass is 10.2. The van der Waals surface area contributed by atoms with Crippen LogP contribution in [0.5, 0.6) is 11.5 Å². The maximum Gasteiger partial charge on any atom is 0.261 e. The van der Waals surface area contributed by atoms with Crippen molar-refractivity contribution in [3.8, 4) is 11.5 Å². The molecule has 2 aromatic rings. The number of hydrogen-bond acceptors (Lipinski definition) is 3. The zero-order chi connectivity index (χ0) is 17.4. The lowest BCUT2D eigenvalue weighted by Gasteiger charge is -2.20. The van der Waals surface area contributed by atoms with Crippen molar-refractivity contribution in [1.29, 1.82) is 0 Å². The van der Waals surface area contributed by atoms with Gasteiger partial charge in [0.05, 0.1) is 6.04 Å². The van der Waals surface area contributed by atoms with Gasteiger partial charge in [-0.25, -0.2) is 0 Å². The summed E-state index contributed by atoms with van der Waals surface area (Å²) in [5.41, 5.74) is 1.19. The summed E-state index contributed by atoms with van der Waals surface area (Å²) in [6.45, 7) is 6.29. The van der Waals surface area contributed by atoms with Crippen molar-refractivity contribution in [2.24, 2.45) is 0 Å². The molecule has 0 fully saturated rings. The van der Waals surface area contributed by atoms with E-state index in [-0.39, 0.29) is 11.9 Å². The third-order valence-electron chi connectivity index (χ3n) is 3.59. The molecule has 0 saturated carbocycles. The maximum atomic E-state index is 12.4. The van der Waals surface area contributed by atoms with Gasteiger partial charge in [-0.15, -0.1) is 0 Å². The molecular formula is C20H25NO3. The molecule has 0 aliphatic rings. The van der Waals surface area contributed by atoms with E-state index in [0.717, 1.165) is 5.75 Å². The molecule has 0 heterocycles. The molecular weight excluding hydrogens is 302 g/mol. The van der Waals surface area contributed by atoms with E-state index < -0.39 is 6.10 Å². The van der Waals surface area contributed by atoms with E-state index in [9.17, 15) is 4.79 Å². The van der Waals surface area contributed by atoms with Crippen LogP contribution in [-0.4, -0.2) is 24.7 Å². The molecule has 0 bridgehead atoms. The summed E-state index contributed by atoms with van der Waals surface area (Å²) in [6, 6.07) is 17.1. The van der Waals surface area contributed by atoms with Crippen LogP contribution in [0.25, 0.3) is 0 Å². The number of para-hydroxylation sites is 1. The maximum absolute atomic E-state index is 12.4. The highest BCUT2D eigenvalue weighted by molar-refractivity contribution is 5.81. The standard InChI is InChI=1S/C20H25NO3/c1-4-19(24-18-8-6-5-7-9-18)20(22)21-16(3)14-23-17-12-10-15(2)11-13-17/h5-13,16,19H,4,14H2,1-3H3,(H,21,22)/t16-,19-/m0/s1. The van der Waals surface area contributed by atoms with Crippen LogP contribution in [0, 0.1) is 6.92 Å². The Morgan fingerprint density at radius 2 is 1.71 bits per heavy atom. The Balaban J connectivity index is 1.81. The SMILES string of the molecule is CC[C@H](Oc1ccccc1)C(=O)N[C@@H](C)COc1ccc(C)cc1. The third kappa shape index (κ3) is 5.61. The van der Waals surface area contributed by atoms with Gasteiger partial charge in [-0.3, -0.25) is 4.79 Å². The molecule has 1 N–H and O–H groups in total. The van der Waals surface area contributed by atoms with Gasteiger partial charge in [-0.2, -0.15) is 0 Å². The Kier molecular flexibility index (Phi) is 6.67. The van der Waals surface area contributed by atoms with E-state index >= 15 is 0 Å². The minimum absolute atomic E-state index is 0.104. The zero-order valence-corrected chi connectivity index (χ0v) is 14.5. The molecule has 4 nitrogen and oxygen atoms in total. The molecule has 0 saturated heterocycles. The second-order valence-electron chi connectivity index (χ2n) is 5.86. The van der Waals surface area contributed by atoms with Crippen LogP contribution in [0.4, 0.5) is 0 Å². The molecule has 1 amide bonds. The predicted molar refractivity (Wildman–Crippen MR) is 95.4 cm³/mol. The Morgan fingerprint density at radius 1 is 1.04 bits per heavy atom. The number of hydrogen-bond donors (Lipinski definition) is 1. The first-order valence-electron chi connectivity index (χ1n) is 8.30. The fraction of sp³-hybridized carbons (Fsp3) is 0.350. The molecule has 2 rings (SSSR count). The van der Waals surface area contributed by atoms with Crippen molar-refractivity contribution in [2.45, 2.75) is 39.3 Å². The van der Waals surface area contributed by atoms with Gasteiger partial charge >= 0.3 is 0 Å². The summed E-state index contributed by atoms with van der Waals surface area (Å²) >= 11 is 0. The van der Waals surface area contributed by atoms with E-state index in [1.54, 1.807) is 0 Å². The molecule has 0 aliphatic heterocycles. The van der Waals surface area contributed by atoms with E-state index in [4.69, 9.17) is 9.47 Å². The highest BCUT2D eigenvalue weighted by atomic mass is 16.5. The molecule has 0 unspecified atom stereocenters. The summed E-state index contributed by atoms with van der Waals surface area (Å²) < 4.78 is 11.4. The second kappa shape index (κ2) is 8.96. The van der Waals surface area contributed by atoms with Crippen molar-refractivity contribution < 1.29 is 14.3 Å². The molecule has 128 valence electrons.